The Morgan fingerprint density at radius 2 is 1.82 bits per heavy atom. The highest BCUT2D eigenvalue weighted by atomic mass is 16.5. The second-order valence-electron chi connectivity index (χ2n) is 7.86. The van der Waals surface area contributed by atoms with Crippen LogP contribution in [0.4, 0.5) is 0 Å². The van der Waals surface area contributed by atoms with Crippen LogP contribution < -0.4 is 4.74 Å². The van der Waals surface area contributed by atoms with Gasteiger partial charge in [0.25, 0.3) is 0 Å². The molecule has 3 nitrogen and oxygen atoms in total. The molecule has 0 saturated carbocycles. The summed E-state index contributed by atoms with van der Waals surface area (Å²) in [5, 5.41) is 0. The van der Waals surface area contributed by atoms with Crippen LogP contribution in [-0.4, -0.2) is 48.6 Å². The minimum Gasteiger partial charge on any atom is -0.497 e. The van der Waals surface area contributed by atoms with Crippen molar-refractivity contribution in [2.75, 3.05) is 26.7 Å². The molecular formula is C25H30N2O. The van der Waals surface area contributed by atoms with Crippen molar-refractivity contribution < 1.29 is 4.74 Å². The van der Waals surface area contributed by atoms with Gasteiger partial charge in [-0.2, -0.15) is 0 Å². The molecule has 28 heavy (non-hydrogen) atoms. The zero-order valence-corrected chi connectivity index (χ0v) is 16.8. The molecule has 0 radical (unpaired) electrons. The predicted molar refractivity (Wildman–Crippen MR) is 116 cm³/mol. The van der Waals surface area contributed by atoms with Crippen molar-refractivity contribution in [2.45, 2.75) is 31.5 Å². The molecule has 2 atom stereocenters. The van der Waals surface area contributed by atoms with Gasteiger partial charge < -0.3 is 4.74 Å². The number of ether oxygens (including phenoxy) is 1. The van der Waals surface area contributed by atoms with Crippen LogP contribution in [0.2, 0.25) is 0 Å². The Kier molecular flexibility index (Phi) is 5.94. The van der Waals surface area contributed by atoms with E-state index in [0.29, 0.717) is 12.1 Å². The molecule has 3 aliphatic rings. The molecule has 3 heteroatoms. The summed E-state index contributed by atoms with van der Waals surface area (Å²) in [5.41, 5.74) is 4.22. The van der Waals surface area contributed by atoms with Gasteiger partial charge >= 0.3 is 0 Å². The molecule has 2 bridgehead atoms. The van der Waals surface area contributed by atoms with Gasteiger partial charge in [0.1, 0.15) is 5.75 Å². The van der Waals surface area contributed by atoms with Gasteiger partial charge in [-0.25, -0.2) is 0 Å². The third-order valence-electron chi connectivity index (χ3n) is 6.06. The monoisotopic (exact) mass is 374 g/mol. The largest absolute Gasteiger partial charge is 0.497 e. The Morgan fingerprint density at radius 1 is 1.04 bits per heavy atom. The lowest BCUT2D eigenvalue weighted by molar-refractivity contribution is 0.0565. The molecule has 3 saturated heterocycles. The van der Waals surface area contributed by atoms with Crippen molar-refractivity contribution in [1.82, 2.24) is 9.80 Å². The van der Waals surface area contributed by atoms with Crippen molar-refractivity contribution in [3.05, 3.63) is 84.0 Å². The number of fused-ring (bicyclic) bond motifs is 4. The van der Waals surface area contributed by atoms with Gasteiger partial charge in [0, 0.05) is 38.3 Å². The molecule has 146 valence electrons. The molecule has 2 aromatic carbocycles. The molecule has 0 amide bonds. The number of nitrogens with zero attached hydrogens (tertiary/aromatic N) is 2. The highest BCUT2D eigenvalue weighted by Crippen LogP contribution is 2.33. The van der Waals surface area contributed by atoms with Crippen LogP contribution >= 0.6 is 0 Å². The molecule has 3 heterocycles. The summed E-state index contributed by atoms with van der Waals surface area (Å²) in [5.74, 6) is 0.919. The molecule has 0 aliphatic carbocycles. The lowest BCUT2D eigenvalue weighted by atomic mass is 9.99. The molecule has 0 spiro atoms. The van der Waals surface area contributed by atoms with E-state index in [-0.39, 0.29) is 0 Å². The fourth-order valence-corrected chi connectivity index (χ4v) is 4.59. The van der Waals surface area contributed by atoms with E-state index in [1.165, 1.54) is 24.0 Å². The molecule has 0 unspecified atom stereocenters. The van der Waals surface area contributed by atoms with E-state index in [9.17, 15) is 0 Å². The normalized spacial score (nSPS) is 24.2. The van der Waals surface area contributed by atoms with Gasteiger partial charge in [-0.05, 0) is 36.1 Å². The molecule has 3 fully saturated rings. The second-order valence-corrected chi connectivity index (χ2v) is 7.86. The van der Waals surface area contributed by atoms with Crippen LogP contribution in [0.1, 0.15) is 24.0 Å². The lowest BCUT2D eigenvalue weighted by Gasteiger charge is -2.44. The van der Waals surface area contributed by atoms with Crippen LogP contribution in [0.5, 0.6) is 5.75 Å². The number of hydrogen-bond acceptors (Lipinski definition) is 3. The van der Waals surface area contributed by atoms with Crippen molar-refractivity contribution in [3.63, 3.8) is 0 Å². The van der Waals surface area contributed by atoms with Gasteiger partial charge in [0.05, 0.1) is 7.11 Å². The summed E-state index contributed by atoms with van der Waals surface area (Å²) in [4.78, 5) is 5.29. The predicted octanol–water partition coefficient (Wildman–Crippen LogP) is 4.61. The first-order chi connectivity index (χ1) is 13.8. The average molecular weight is 375 g/mol. The quantitative estimate of drug-likeness (QED) is 0.687. The Labute approximate surface area is 168 Å². The average Bonchev–Trinajstić information content (AvgIpc) is 2.99. The van der Waals surface area contributed by atoms with E-state index in [1.54, 1.807) is 12.7 Å². The minimum atomic E-state index is 0.459. The maximum Gasteiger partial charge on any atom is 0.118 e. The maximum atomic E-state index is 5.31. The first-order valence-electron chi connectivity index (χ1n) is 10.2. The highest BCUT2D eigenvalue weighted by molar-refractivity contribution is 5.54. The van der Waals surface area contributed by atoms with Crippen molar-refractivity contribution in [2.24, 2.45) is 0 Å². The standard InChI is InChI=1S/C25H30N2O/c1-3-15-26-19-25-22(16-20-7-5-4-6-8-20)11-12-23(26)18-27(25)17-21-9-13-24(28-2)14-10-21/h3-10,13-14,16,23,25H,1,11-12,15,17-19H2,2H3/b22-16-/t23-,25+/m0/s1. The number of piperazine rings is 1. The van der Waals surface area contributed by atoms with Crippen molar-refractivity contribution >= 4 is 6.08 Å². The van der Waals surface area contributed by atoms with E-state index in [4.69, 9.17) is 4.74 Å². The molecule has 2 aromatic rings. The SMILES string of the molecule is C=CCN1C[C@@H]2/C(=C\c3ccccc3)CC[C@H]1CN2Cc1ccc(OC)cc1. The Bertz CT molecular complexity index is 812. The molecule has 3 aliphatic heterocycles. The Morgan fingerprint density at radius 3 is 2.54 bits per heavy atom. The summed E-state index contributed by atoms with van der Waals surface area (Å²) >= 11 is 0. The van der Waals surface area contributed by atoms with Crippen LogP contribution in [0.25, 0.3) is 6.08 Å². The summed E-state index contributed by atoms with van der Waals surface area (Å²) < 4.78 is 5.31. The first-order valence-corrected chi connectivity index (χ1v) is 10.2. The Balaban J connectivity index is 1.60. The summed E-state index contributed by atoms with van der Waals surface area (Å²) in [6.07, 6.45) is 6.87. The van der Waals surface area contributed by atoms with Gasteiger partial charge in [-0.15, -0.1) is 6.58 Å². The molecule has 0 aromatic heterocycles. The van der Waals surface area contributed by atoms with E-state index in [1.807, 2.05) is 0 Å². The zero-order chi connectivity index (χ0) is 19.3. The van der Waals surface area contributed by atoms with E-state index in [0.717, 1.165) is 31.9 Å². The zero-order valence-electron chi connectivity index (χ0n) is 16.8. The molecular weight excluding hydrogens is 344 g/mol. The topological polar surface area (TPSA) is 15.7 Å². The summed E-state index contributed by atoms with van der Waals surface area (Å²) in [7, 11) is 1.72. The van der Waals surface area contributed by atoms with Gasteiger partial charge in [0.15, 0.2) is 0 Å². The second kappa shape index (κ2) is 8.76. The molecule has 0 N–H and O–H groups in total. The van der Waals surface area contributed by atoms with Crippen LogP contribution in [0.15, 0.2) is 72.8 Å². The number of methoxy groups -OCH3 is 1. The van der Waals surface area contributed by atoms with Crippen LogP contribution in [0.3, 0.4) is 0 Å². The Hall–Kier alpha value is -2.36. The first kappa shape index (κ1) is 19.0. The van der Waals surface area contributed by atoms with E-state index in [2.05, 4.69) is 83.1 Å². The van der Waals surface area contributed by atoms with Gasteiger partial charge in [-0.1, -0.05) is 60.2 Å². The van der Waals surface area contributed by atoms with E-state index >= 15 is 0 Å². The number of hydrogen-bond donors (Lipinski definition) is 0. The third-order valence-corrected chi connectivity index (χ3v) is 6.06. The van der Waals surface area contributed by atoms with Crippen LogP contribution in [-0.2, 0) is 6.54 Å². The highest BCUT2D eigenvalue weighted by Gasteiger charge is 2.38. The third kappa shape index (κ3) is 4.21. The number of rotatable bonds is 6. The van der Waals surface area contributed by atoms with Gasteiger partial charge in [-0.3, -0.25) is 9.80 Å². The van der Waals surface area contributed by atoms with Crippen LogP contribution in [0, 0.1) is 0 Å². The van der Waals surface area contributed by atoms with E-state index < -0.39 is 0 Å². The van der Waals surface area contributed by atoms with Gasteiger partial charge in [0.2, 0.25) is 0 Å². The van der Waals surface area contributed by atoms with Crippen molar-refractivity contribution in [1.29, 1.82) is 0 Å². The minimum absolute atomic E-state index is 0.459. The fourth-order valence-electron chi connectivity index (χ4n) is 4.59. The molecule has 5 rings (SSSR count). The van der Waals surface area contributed by atoms with Crippen molar-refractivity contribution in [3.8, 4) is 5.75 Å². The maximum absolute atomic E-state index is 5.31. The fraction of sp³-hybridized carbons (Fsp3) is 0.360. The summed E-state index contributed by atoms with van der Waals surface area (Å²) in [6.45, 7) is 8.16. The lowest BCUT2D eigenvalue weighted by Crippen LogP contribution is -2.56. The smallest absolute Gasteiger partial charge is 0.118 e. The summed E-state index contributed by atoms with van der Waals surface area (Å²) in [6, 6.07) is 20.3. The number of benzene rings is 2.